The zero-order chi connectivity index (χ0) is 17.7. The lowest BCUT2D eigenvalue weighted by molar-refractivity contribution is -0.139. The number of nitrogens with two attached hydrogens (primary N) is 1. The monoisotopic (exact) mass is 408 g/mol. The second kappa shape index (κ2) is 5.69. The van der Waals surface area contributed by atoms with Crippen molar-refractivity contribution in [3.05, 3.63) is 64.1 Å². The van der Waals surface area contributed by atoms with Gasteiger partial charge in [-0.25, -0.2) is 4.99 Å². The number of benzene rings is 2. The van der Waals surface area contributed by atoms with Crippen molar-refractivity contribution in [1.82, 2.24) is 0 Å². The molecule has 2 aromatic rings. The molecule has 4 rings (SSSR count). The molecule has 1 spiro atoms. The highest BCUT2D eigenvalue weighted by molar-refractivity contribution is 9.10. The van der Waals surface area contributed by atoms with E-state index < -0.39 is 24.2 Å². The first-order valence-corrected chi connectivity index (χ1v) is 8.58. The standard InChI is InChI=1S/C18H15BrF2N2O2/c19-12-6-7-14-13(8-12)17(18(20,21)10-24-16(22)23-17)9-15(25-14)11-4-2-1-3-5-11/h1-8,15H,9-10H2,(H2,22,23). The van der Waals surface area contributed by atoms with Gasteiger partial charge in [-0.05, 0) is 23.8 Å². The topological polar surface area (TPSA) is 56.8 Å². The number of ether oxygens (including phenoxy) is 2. The average Bonchev–Trinajstić information content (AvgIpc) is 2.60. The molecule has 2 aromatic carbocycles. The Bertz CT molecular complexity index is 844. The molecule has 130 valence electrons. The van der Waals surface area contributed by atoms with Gasteiger partial charge in [0.2, 0.25) is 0 Å². The van der Waals surface area contributed by atoms with Gasteiger partial charge in [0.05, 0.1) is 0 Å². The SMILES string of the molecule is NC1=NC2(CC(c3ccccc3)Oc3ccc(Br)cc32)C(F)(F)CO1. The summed E-state index contributed by atoms with van der Waals surface area (Å²) in [4.78, 5) is 4.11. The first-order chi connectivity index (χ1) is 11.9. The number of rotatable bonds is 1. The molecule has 2 aliphatic heterocycles. The van der Waals surface area contributed by atoms with E-state index in [9.17, 15) is 0 Å². The fraction of sp³-hybridized carbons (Fsp3) is 0.278. The zero-order valence-corrected chi connectivity index (χ0v) is 14.7. The van der Waals surface area contributed by atoms with Crippen molar-refractivity contribution in [3.8, 4) is 5.75 Å². The van der Waals surface area contributed by atoms with Gasteiger partial charge in [0.25, 0.3) is 6.02 Å². The van der Waals surface area contributed by atoms with Gasteiger partial charge in [-0.1, -0.05) is 46.3 Å². The Morgan fingerprint density at radius 2 is 1.92 bits per heavy atom. The number of halogens is 3. The minimum Gasteiger partial charge on any atom is -0.485 e. The first-order valence-electron chi connectivity index (χ1n) is 7.79. The number of hydrogen-bond acceptors (Lipinski definition) is 4. The molecule has 7 heteroatoms. The van der Waals surface area contributed by atoms with Crippen LogP contribution in [0.2, 0.25) is 0 Å². The van der Waals surface area contributed by atoms with E-state index >= 15 is 8.78 Å². The van der Waals surface area contributed by atoms with Crippen molar-refractivity contribution in [3.63, 3.8) is 0 Å². The van der Waals surface area contributed by atoms with Gasteiger partial charge in [-0.2, -0.15) is 8.78 Å². The van der Waals surface area contributed by atoms with Crippen LogP contribution in [0.3, 0.4) is 0 Å². The Morgan fingerprint density at radius 1 is 1.16 bits per heavy atom. The number of fused-ring (bicyclic) bond motifs is 2. The van der Waals surface area contributed by atoms with Crippen molar-refractivity contribution in [1.29, 1.82) is 0 Å². The van der Waals surface area contributed by atoms with Gasteiger partial charge in [-0.3, -0.25) is 0 Å². The number of nitrogens with zero attached hydrogens (tertiary/aromatic N) is 1. The Labute approximate surface area is 151 Å². The molecule has 2 aliphatic rings. The quantitative estimate of drug-likeness (QED) is 0.770. The molecule has 0 aliphatic carbocycles. The van der Waals surface area contributed by atoms with Gasteiger partial charge in [-0.15, -0.1) is 0 Å². The van der Waals surface area contributed by atoms with Crippen molar-refractivity contribution >= 4 is 22.0 Å². The van der Waals surface area contributed by atoms with Gasteiger partial charge in [0.15, 0.2) is 12.1 Å². The summed E-state index contributed by atoms with van der Waals surface area (Å²) in [5, 5.41) is 0. The van der Waals surface area contributed by atoms with Crippen LogP contribution in [0, 0.1) is 0 Å². The zero-order valence-electron chi connectivity index (χ0n) is 13.1. The Hall–Kier alpha value is -2.15. The molecule has 0 amide bonds. The van der Waals surface area contributed by atoms with E-state index in [1.807, 2.05) is 30.3 Å². The molecule has 2 unspecified atom stereocenters. The molecule has 0 radical (unpaired) electrons. The van der Waals surface area contributed by atoms with Crippen LogP contribution in [0.15, 0.2) is 58.0 Å². The highest BCUT2D eigenvalue weighted by atomic mass is 79.9. The molecular formula is C18H15BrF2N2O2. The van der Waals surface area contributed by atoms with Crippen LogP contribution in [0.1, 0.15) is 23.7 Å². The van der Waals surface area contributed by atoms with E-state index in [0.29, 0.717) is 15.8 Å². The smallest absolute Gasteiger partial charge is 0.310 e. The van der Waals surface area contributed by atoms with Gasteiger partial charge < -0.3 is 15.2 Å². The predicted molar refractivity (Wildman–Crippen MR) is 92.8 cm³/mol. The van der Waals surface area contributed by atoms with Crippen LogP contribution in [0.25, 0.3) is 0 Å². The lowest BCUT2D eigenvalue weighted by Crippen LogP contribution is -2.55. The minimum atomic E-state index is -3.22. The fourth-order valence-electron chi connectivity index (χ4n) is 3.39. The van der Waals surface area contributed by atoms with Crippen LogP contribution >= 0.6 is 15.9 Å². The lowest BCUT2D eigenvalue weighted by atomic mass is 9.76. The first kappa shape index (κ1) is 16.3. The molecule has 2 N–H and O–H groups in total. The van der Waals surface area contributed by atoms with Crippen LogP contribution in [0.5, 0.6) is 5.75 Å². The van der Waals surface area contributed by atoms with Crippen LogP contribution < -0.4 is 10.5 Å². The number of amidine groups is 1. The molecule has 25 heavy (non-hydrogen) atoms. The maximum atomic E-state index is 15.1. The van der Waals surface area contributed by atoms with E-state index in [1.165, 1.54) is 0 Å². The largest absolute Gasteiger partial charge is 0.485 e. The predicted octanol–water partition coefficient (Wildman–Crippen LogP) is 4.15. The number of aliphatic imine (C=N–C) groups is 1. The molecule has 2 heterocycles. The van der Waals surface area contributed by atoms with Crippen LogP contribution in [-0.2, 0) is 10.3 Å². The average molecular weight is 409 g/mol. The van der Waals surface area contributed by atoms with Gasteiger partial charge in [0, 0.05) is 16.5 Å². The summed E-state index contributed by atoms with van der Waals surface area (Å²) in [6.45, 7) is -0.810. The van der Waals surface area contributed by atoms with Crippen LogP contribution in [-0.4, -0.2) is 18.6 Å². The molecular weight excluding hydrogens is 394 g/mol. The van der Waals surface area contributed by atoms with E-state index in [4.69, 9.17) is 15.2 Å². The Morgan fingerprint density at radius 3 is 2.68 bits per heavy atom. The summed E-state index contributed by atoms with van der Waals surface area (Å²) in [6.07, 6.45) is -0.590. The summed E-state index contributed by atoms with van der Waals surface area (Å²) < 4.78 is 41.6. The highest BCUT2D eigenvalue weighted by Gasteiger charge is 2.62. The van der Waals surface area contributed by atoms with Crippen molar-refractivity contribution in [2.24, 2.45) is 10.7 Å². The summed E-state index contributed by atoms with van der Waals surface area (Å²) in [5.41, 5.74) is 4.98. The van der Waals surface area contributed by atoms with E-state index in [0.717, 1.165) is 5.56 Å². The maximum absolute atomic E-state index is 15.1. The highest BCUT2D eigenvalue weighted by Crippen LogP contribution is 2.55. The fourth-order valence-corrected chi connectivity index (χ4v) is 3.75. The van der Waals surface area contributed by atoms with Gasteiger partial charge in [0.1, 0.15) is 11.9 Å². The number of hydrogen-bond donors (Lipinski definition) is 1. The van der Waals surface area contributed by atoms with Crippen LogP contribution in [0.4, 0.5) is 8.78 Å². The summed E-state index contributed by atoms with van der Waals surface area (Å²) in [6, 6.07) is 14.1. The Kier molecular flexibility index (Phi) is 3.72. The second-order valence-corrected chi connectivity index (χ2v) is 7.08. The molecule has 0 bridgehead atoms. The normalized spacial score (nSPS) is 27.0. The molecule has 0 aromatic heterocycles. The minimum absolute atomic E-state index is 0.0302. The van der Waals surface area contributed by atoms with E-state index in [-0.39, 0.29) is 12.4 Å². The third kappa shape index (κ3) is 2.57. The summed E-state index contributed by atoms with van der Waals surface area (Å²) in [5.74, 6) is -2.84. The molecule has 0 fully saturated rings. The lowest BCUT2D eigenvalue weighted by Gasteiger charge is -2.45. The molecule has 0 saturated carbocycles. The van der Waals surface area contributed by atoms with E-state index in [1.54, 1.807) is 18.2 Å². The number of alkyl halides is 2. The van der Waals surface area contributed by atoms with Crippen molar-refractivity contribution in [2.75, 3.05) is 6.61 Å². The van der Waals surface area contributed by atoms with Crippen molar-refractivity contribution < 1.29 is 18.3 Å². The summed E-state index contributed by atoms with van der Waals surface area (Å²) >= 11 is 3.34. The van der Waals surface area contributed by atoms with Crippen molar-refractivity contribution in [2.45, 2.75) is 24.0 Å². The van der Waals surface area contributed by atoms with Gasteiger partial charge >= 0.3 is 5.92 Å². The molecule has 2 atom stereocenters. The third-order valence-corrected chi connectivity index (χ3v) is 5.11. The molecule has 4 nitrogen and oxygen atoms in total. The second-order valence-electron chi connectivity index (χ2n) is 6.17. The third-order valence-electron chi connectivity index (χ3n) is 4.62. The Balaban J connectivity index is 1.93. The molecule has 0 saturated heterocycles. The van der Waals surface area contributed by atoms with E-state index in [2.05, 4.69) is 20.9 Å². The summed E-state index contributed by atoms with van der Waals surface area (Å²) in [7, 11) is 0. The maximum Gasteiger partial charge on any atom is 0.310 e.